The third-order valence-electron chi connectivity index (χ3n) is 2.26. The van der Waals surface area contributed by atoms with E-state index in [1.807, 2.05) is 6.92 Å². The van der Waals surface area contributed by atoms with Crippen molar-refractivity contribution in [3.05, 3.63) is 16.5 Å². The molecule has 1 heterocycles. The van der Waals surface area contributed by atoms with Crippen LogP contribution in [-0.4, -0.2) is 43.5 Å². The molecule has 0 fully saturated rings. The van der Waals surface area contributed by atoms with E-state index >= 15 is 0 Å². The van der Waals surface area contributed by atoms with Gasteiger partial charge < -0.3 is 14.2 Å². The van der Waals surface area contributed by atoms with Gasteiger partial charge in [-0.3, -0.25) is 0 Å². The predicted molar refractivity (Wildman–Crippen MR) is 69.3 cm³/mol. The van der Waals surface area contributed by atoms with Gasteiger partial charge in [-0.05, 0) is 20.3 Å². The van der Waals surface area contributed by atoms with Crippen LogP contribution in [0.25, 0.3) is 0 Å². The zero-order valence-corrected chi connectivity index (χ0v) is 11.8. The molecule has 0 radical (unpaired) electrons. The number of aromatic nitrogens is 2. The second kappa shape index (κ2) is 8.24. The Balaban J connectivity index is 2.27. The van der Waals surface area contributed by atoms with Crippen LogP contribution < -0.4 is 4.74 Å². The molecule has 0 saturated heterocycles. The number of rotatable bonds is 8. The van der Waals surface area contributed by atoms with Crippen molar-refractivity contribution in [2.24, 2.45) is 0 Å². The van der Waals surface area contributed by atoms with Crippen molar-refractivity contribution in [3.8, 4) is 5.88 Å². The summed E-state index contributed by atoms with van der Waals surface area (Å²) in [4.78, 5) is 8.23. The number of halogens is 1. The minimum Gasteiger partial charge on any atom is -0.475 e. The topological polar surface area (TPSA) is 53.5 Å². The molecule has 0 aliphatic carbocycles. The number of hydrogen-bond acceptors (Lipinski definition) is 5. The van der Waals surface area contributed by atoms with Gasteiger partial charge in [0.15, 0.2) is 0 Å². The van der Waals surface area contributed by atoms with Crippen LogP contribution in [0.3, 0.4) is 0 Å². The Labute approximate surface area is 112 Å². The van der Waals surface area contributed by atoms with E-state index in [1.165, 1.54) is 0 Å². The summed E-state index contributed by atoms with van der Waals surface area (Å²) in [6.07, 6.45) is 0.883. The summed E-state index contributed by atoms with van der Waals surface area (Å²) in [7, 11) is 1.67. The summed E-state index contributed by atoms with van der Waals surface area (Å²) < 4.78 is 15.8. The first kappa shape index (κ1) is 15.1. The van der Waals surface area contributed by atoms with Crippen LogP contribution in [0, 0.1) is 13.8 Å². The molecule has 0 aliphatic rings. The van der Waals surface area contributed by atoms with Crippen molar-refractivity contribution < 1.29 is 14.2 Å². The summed E-state index contributed by atoms with van der Waals surface area (Å²) in [5, 5.41) is 0.429. The quantitative estimate of drug-likeness (QED) is 0.537. The lowest BCUT2D eigenvalue weighted by Gasteiger charge is -2.09. The van der Waals surface area contributed by atoms with Gasteiger partial charge in [0.1, 0.15) is 17.6 Å². The number of aryl methyl sites for hydroxylation is 1. The van der Waals surface area contributed by atoms with E-state index in [-0.39, 0.29) is 0 Å². The first-order valence-electron chi connectivity index (χ1n) is 5.85. The third-order valence-corrected chi connectivity index (χ3v) is 2.63. The molecule has 0 aliphatic heterocycles. The van der Waals surface area contributed by atoms with Gasteiger partial charge in [0.05, 0.1) is 6.61 Å². The van der Waals surface area contributed by atoms with Gasteiger partial charge in [0, 0.05) is 25.9 Å². The lowest BCUT2D eigenvalue weighted by molar-refractivity contribution is 0.0793. The smallest absolute Gasteiger partial charge is 0.221 e. The van der Waals surface area contributed by atoms with Crippen molar-refractivity contribution in [2.75, 3.05) is 33.5 Å². The van der Waals surface area contributed by atoms with E-state index in [2.05, 4.69) is 9.97 Å². The predicted octanol–water partition coefficient (Wildman–Crippen LogP) is 2.18. The SMILES string of the molecule is COCCCOCCOc1nc(C)nc(Cl)c1C. The highest BCUT2D eigenvalue weighted by Crippen LogP contribution is 2.21. The van der Waals surface area contributed by atoms with Gasteiger partial charge in [-0.2, -0.15) is 4.98 Å². The molecule has 0 amide bonds. The molecule has 1 rings (SSSR count). The standard InChI is InChI=1S/C12H19ClN2O3/c1-9-11(13)14-10(2)15-12(9)18-8-7-17-6-4-5-16-3/h4-8H2,1-3H3. The Morgan fingerprint density at radius 2 is 1.83 bits per heavy atom. The molecule has 6 heteroatoms. The molecule has 0 atom stereocenters. The van der Waals surface area contributed by atoms with Crippen LogP contribution in [-0.2, 0) is 9.47 Å². The number of methoxy groups -OCH3 is 1. The molecule has 1 aromatic heterocycles. The highest BCUT2D eigenvalue weighted by atomic mass is 35.5. The molecule has 102 valence electrons. The fraction of sp³-hybridized carbons (Fsp3) is 0.667. The molecule has 0 spiro atoms. The Bertz CT molecular complexity index is 375. The minimum atomic E-state index is 0.429. The second-order valence-corrected chi connectivity index (χ2v) is 4.16. The zero-order chi connectivity index (χ0) is 13.4. The maximum Gasteiger partial charge on any atom is 0.221 e. The van der Waals surface area contributed by atoms with Crippen LogP contribution in [0.1, 0.15) is 17.8 Å². The van der Waals surface area contributed by atoms with Gasteiger partial charge in [0.25, 0.3) is 0 Å². The van der Waals surface area contributed by atoms with Gasteiger partial charge >= 0.3 is 0 Å². The van der Waals surface area contributed by atoms with Crippen molar-refractivity contribution in [2.45, 2.75) is 20.3 Å². The average Bonchev–Trinajstić information content (AvgIpc) is 2.33. The first-order valence-corrected chi connectivity index (χ1v) is 6.23. The van der Waals surface area contributed by atoms with Gasteiger partial charge in [-0.15, -0.1) is 0 Å². The van der Waals surface area contributed by atoms with Crippen molar-refractivity contribution in [1.82, 2.24) is 9.97 Å². The molecule has 0 saturated carbocycles. The molecule has 0 N–H and O–H groups in total. The molecular formula is C12H19ClN2O3. The van der Waals surface area contributed by atoms with Gasteiger partial charge in [-0.25, -0.2) is 4.98 Å². The molecule has 0 unspecified atom stereocenters. The molecule has 1 aromatic rings. The molecule has 0 bridgehead atoms. The van der Waals surface area contributed by atoms with Gasteiger partial charge in [0.2, 0.25) is 5.88 Å². The monoisotopic (exact) mass is 274 g/mol. The van der Waals surface area contributed by atoms with E-state index in [9.17, 15) is 0 Å². The number of nitrogens with zero attached hydrogens (tertiary/aromatic N) is 2. The minimum absolute atomic E-state index is 0.429. The van der Waals surface area contributed by atoms with Crippen molar-refractivity contribution >= 4 is 11.6 Å². The second-order valence-electron chi connectivity index (χ2n) is 3.80. The summed E-state index contributed by atoms with van der Waals surface area (Å²) in [5.41, 5.74) is 0.752. The summed E-state index contributed by atoms with van der Waals surface area (Å²) in [6.45, 7) is 5.95. The Morgan fingerprint density at radius 3 is 2.56 bits per heavy atom. The van der Waals surface area contributed by atoms with Crippen LogP contribution in [0.4, 0.5) is 0 Å². The average molecular weight is 275 g/mol. The number of hydrogen-bond donors (Lipinski definition) is 0. The summed E-state index contributed by atoms with van der Waals surface area (Å²) >= 11 is 5.94. The summed E-state index contributed by atoms with van der Waals surface area (Å²) in [5.74, 6) is 1.12. The van der Waals surface area contributed by atoms with E-state index in [0.717, 1.165) is 12.0 Å². The maximum absolute atomic E-state index is 5.94. The van der Waals surface area contributed by atoms with E-state index < -0.39 is 0 Å². The fourth-order valence-corrected chi connectivity index (χ4v) is 1.52. The lowest BCUT2D eigenvalue weighted by Crippen LogP contribution is -2.10. The third kappa shape index (κ3) is 5.16. The fourth-order valence-electron chi connectivity index (χ4n) is 1.32. The van der Waals surface area contributed by atoms with E-state index in [0.29, 0.717) is 43.3 Å². The lowest BCUT2D eigenvalue weighted by atomic mass is 10.3. The van der Waals surface area contributed by atoms with Crippen LogP contribution in [0.5, 0.6) is 5.88 Å². The van der Waals surface area contributed by atoms with Crippen LogP contribution in [0.2, 0.25) is 5.15 Å². The Hall–Kier alpha value is -0.910. The van der Waals surface area contributed by atoms with E-state index in [1.54, 1.807) is 14.0 Å². The molecule has 18 heavy (non-hydrogen) atoms. The Kier molecular flexibility index (Phi) is 6.93. The largest absolute Gasteiger partial charge is 0.475 e. The Morgan fingerprint density at radius 1 is 1.06 bits per heavy atom. The highest BCUT2D eigenvalue weighted by Gasteiger charge is 2.08. The number of ether oxygens (including phenoxy) is 3. The highest BCUT2D eigenvalue weighted by molar-refractivity contribution is 6.30. The normalized spacial score (nSPS) is 10.7. The van der Waals surface area contributed by atoms with Gasteiger partial charge in [-0.1, -0.05) is 11.6 Å². The van der Waals surface area contributed by atoms with Crippen LogP contribution in [0.15, 0.2) is 0 Å². The van der Waals surface area contributed by atoms with Crippen molar-refractivity contribution in [1.29, 1.82) is 0 Å². The molecule has 0 aromatic carbocycles. The van der Waals surface area contributed by atoms with Crippen LogP contribution >= 0.6 is 11.6 Å². The molecule has 5 nitrogen and oxygen atoms in total. The zero-order valence-electron chi connectivity index (χ0n) is 11.0. The maximum atomic E-state index is 5.94. The first-order chi connectivity index (χ1) is 8.65. The molecular weight excluding hydrogens is 256 g/mol. The van der Waals surface area contributed by atoms with E-state index in [4.69, 9.17) is 25.8 Å². The summed E-state index contributed by atoms with van der Waals surface area (Å²) in [6, 6.07) is 0. The van der Waals surface area contributed by atoms with Crippen molar-refractivity contribution in [3.63, 3.8) is 0 Å².